The van der Waals surface area contributed by atoms with Gasteiger partial charge in [-0.25, -0.2) is 0 Å². The Bertz CT molecular complexity index is 602. The lowest BCUT2D eigenvalue weighted by Gasteiger charge is -2.32. The van der Waals surface area contributed by atoms with E-state index in [0.29, 0.717) is 24.2 Å². The quantitative estimate of drug-likeness (QED) is 0.387. The summed E-state index contributed by atoms with van der Waals surface area (Å²) in [5.74, 6) is -1.22. The zero-order valence-corrected chi connectivity index (χ0v) is 12.1. The van der Waals surface area contributed by atoms with Gasteiger partial charge in [-0.05, 0) is 12.5 Å². The molecule has 1 aromatic rings. The van der Waals surface area contributed by atoms with E-state index >= 15 is 0 Å². The average molecular weight is 295 g/mol. The Morgan fingerprint density at radius 1 is 1.52 bits per heavy atom. The normalized spacial score (nSPS) is 17.1. The first-order valence-electron chi connectivity index (χ1n) is 6.36. The third-order valence-corrected chi connectivity index (χ3v) is 3.69. The van der Waals surface area contributed by atoms with E-state index in [0.717, 1.165) is 0 Å². The zero-order valence-electron chi connectivity index (χ0n) is 12.1. The fourth-order valence-corrected chi connectivity index (χ4v) is 2.69. The Kier molecular flexibility index (Phi) is 3.88. The van der Waals surface area contributed by atoms with Gasteiger partial charge in [0.15, 0.2) is 0 Å². The summed E-state index contributed by atoms with van der Waals surface area (Å²) in [6, 6.07) is 1.59. The van der Waals surface area contributed by atoms with Crippen LogP contribution in [0.25, 0.3) is 0 Å². The van der Waals surface area contributed by atoms with E-state index in [1.165, 1.54) is 14.2 Å². The summed E-state index contributed by atoms with van der Waals surface area (Å²) in [5, 5.41) is 11.5. The second kappa shape index (κ2) is 5.47. The fourth-order valence-electron chi connectivity index (χ4n) is 2.69. The van der Waals surface area contributed by atoms with Crippen molar-refractivity contribution in [3.8, 4) is 5.75 Å². The Morgan fingerprint density at radius 3 is 2.71 bits per heavy atom. The number of methoxy groups -OCH3 is 2. The van der Waals surface area contributed by atoms with Crippen molar-refractivity contribution in [3.63, 3.8) is 0 Å². The van der Waals surface area contributed by atoms with Crippen molar-refractivity contribution in [2.45, 2.75) is 12.3 Å². The van der Waals surface area contributed by atoms with Crippen LogP contribution in [0.15, 0.2) is 6.07 Å². The second-order valence-corrected chi connectivity index (χ2v) is 4.82. The molecule has 1 atom stereocenters. The molecule has 1 unspecified atom stereocenters. The van der Waals surface area contributed by atoms with Gasteiger partial charge in [0.05, 0.1) is 36.3 Å². The number of nitrogens with zero attached hydrogens (tertiary/aromatic N) is 2. The molecule has 0 aromatic heterocycles. The van der Waals surface area contributed by atoms with E-state index in [-0.39, 0.29) is 17.1 Å². The number of ether oxygens (including phenoxy) is 2. The van der Waals surface area contributed by atoms with Gasteiger partial charge < -0.3 is 20.1 Å². The topological polar surface area (TPSA) is 108 Å². The Hall–Kier alpha value is -2.51. The Labute approximate surface area is 121 Å². The third-order valence-electron chi connectivity index (χ3n) is 3.69. The monoisotopic (exact) mass is 295 g/mol. The molecule has 2 N–H and O–H groups in total. The van der Waals surface area contributed by atoms with Crippen molar-refractivity contribution < 1.29 is 19.2 Å². The first-order valence-corrected chi connectivity index (χ1v) is 6.36. The van der Waals surface area contributed by atoms with Gasteiger partial charge in [-0.1, -0.05) is 0 Å². The molecule has 1 aromatic carbocycles. The molecule has 21 heavy (non-hydrogen) atoms. The van der Waals surface area contributed by atoms with Crippen molar-refractivity contribution in [1.29, 1.82) is 0 Å². The Morgan fingerprint density at radius 2 is 2.19 bits per heavy atom. The van der Waals surface area contributed by atoms with Crippen LogP contribution in [0, 0.1) is 10.1 Å². The van der Waals surface area contributed by atoms with Crippen molar-refractivity contribution in [2.24, 2.45) is 0 Å². The standard InChI is InChI=1S/C13H17N3O5/c1-15-5-4-7(13(17)21-3)10-9(15)6-8(14)12(20-2)11(10)16(18)19/h6-7H,4-5,14H2,1-3H3. The zero-order chi connectivity index (χ0) is 15.7. The van der Waals surface area contributed by atoms with Crippen LogP contribution in [-0.2, 0) is 9.53 Å². The van der Waals surface area contributed by atoms with Gasteiger partial charge in [0.25, 0.3) is 0 Å². The number of fused-ring (bicyclic) bond motifs is 1. The minimum atomic E-state index is -0.698. The third kappa shape index (κ3) is 2.32. The van der Waals surface area contributed by atoms with Gasteiger partial charge in [0, 0.05) is 19.3 Å². The molecule has 0 aliphatic carbocycles. The highest BCUT2D eigenvalue weighted by Gasteiger charge is 2.39. The predicted octanol–water partition coefficient (Wildman–Crippen LogP) is 1.28. The van der Waals surface area contributed by atoms with Gasteiger partial charge in [0.1, 0.15) is 0 Å². The number of rotatable bonds is 3. The summed E-state index contributed by atoms with van der Waals surface area (Å²) in [5.41, 5.74) is 6.59. The summed E-state index contributed by atoms with van der Waals surface area (Å²) in [7, 11) is 4.37. The highest BCUT2D eigenvalue weighted by Crippen LogP contribution is 2.48. The van der Waals surface area contributed by atoms with E-state index in [1.807, 2.05) is 4.90 Å². The van der Waals surface area contributed by atoms with Crippen LogP contribution in [0.3, 0.4) is 0 Å². The molecule has 1 heterocycles. The largest absolute Gasteiger partial charge is 0.489 e. The molecule has 2 rings (SSSR count). The number of carbonyl (C=O) groups is 1. The van der Waals surface area contributed by atoms with E-state index < -0.39 is 16.8 Å². The summed E-state index contributed by atoms with van der Waals surface area (Å²) in [6.45, 7) is 0.579. The van der Waals surface area contributed by atoms with E-state index in [1.54, 1.807) is 13.1 Å². The van der Waals surface area contributed by atoms with Crippen LogP contribution < -0.4 is 15.4 Å². The number of hydrogen-bond acceptors (Lipinski definition) is 7. The summed E-state index contributed by atoms with van der Waals surface area (Å²) in [4.78, 5) is 24.7. The fraction of sp³-hybridized carbons (Fsp3) is 0.462. The molecule has 0 saturated heterocycles. The molecule has 0 saturated carbocycles. The number of carbonyl (C=O) groups excluding carboxylic acids is 1. The predicted molar refractivity (Wildman–Crippen MR) is 76.7 cm³/mol. The average Bonchev–Trinajstić information content (AvgIpc) is 2.45. The minimum absolute atomic E-state index is 0.0250. The number of benzene rings is 1. The van der Waals surface area contributed by atoms with E-state index in [4.69, 9.17) is 15.2 Å². The van der Waals surface area contributed by atoms with Crippen LogP contribution in [0.4, 0.5) is 17.1 Å². The van der Waals surface area contributed by atoms with Crippen molar-refractivity contribution >= 4 is 23.0 Å². The molecule has 114 valence electrons. The summed E-state index contributed by atoms with van der Waals surface area (Å²) in [6.07, 6.45) is 0.435. The van der Waals surface area contributed by atoms with Crippen molar-refractivity contribution in [3.05, 3.63) is 21.7 Å². The Balaban J connectivity index is 2.78. The minimum Gasteiger partial charge on any atom is -0.489 e. The highest BCUT2D eigenvalue weighted by atomic mass is 16.6. The van der Waals surface area contributed by atoms with Crippen LogP contribution in [0.5, 0.6) is 5.75 Å². The number of anilines is 2. The van der Waals surface area contributed by atoms with Crippen LogP contribution in [0.2, 0.25) is 0 Å². The molecule has 0 bridgehead atoms. The van der Waals surface area contributed by atoms with Crippen LogP contribution in [-0.4, -0.2) is 38.7 Å². The van der Waals surface area contributed by atoms with Crippen LogP contribution in [0.1, 0.15) is 17.9 Å². The van der Waals surface area contributed by atoms with Crippen LogP contribution >= 0.6 is 0 Å². The number of esters is 1. The van der Waals surface area contributed by atoms with E-state index in [2.05, 4.69) is 0 Å². The van der Waals surface area contributed by atoms with Gasteiger partial charge in [-0.2, -0.15) is 0 Å². The van der Waals surface area contributed by atoms with Crippen molar-refractivity contribution in [1.82, 2.24) is 0 Å². The van der Waals surface area contributed by atoms with Gasteiger partial charge in [0.2, 0.25) is 5.75 Å². The maximum atomic E-state index is 12.0. The van der Waals surface area contributed by atoms with Gasteiger partial charge in [-0.15, -0.1) is 0 Å². The molecule has 8 heteroatoms. The number of hydrogen-bond donors (Lipinski definition) is 1. The summed E-state index contributed by atoms with van der Waals surface area (Å²) < 4.78 is 9.83. The lowest BCUT2D eigenvalue weighted by atomic mass is 9.88. The molecular weight excluding hydrogens is 278 g/mol. The number of nitrogens with two attached hydrogens (primary N) is 1. The van der Waals surface area contributed by atoms with E-state index in [9.17, 15) is 14.9 Å². The molecule has 0 fully saturated rings. The highest BCUT2D eigenvalue weighted by molar-refractivity contribution is 5.88. The van der Waals surface area contributed by atoms with Gasteiger partial charge in [-0.3, -0.25) is 14.9 Å². The van der Waals surface area contributed by atoms with Gasteiger partial charge >= 0.3 is 11.7 Å². The SMILES string of the molecule is COC(=O)C1CCN(C)c2cc(N)c(OC)c([N+](=O)[O-])c21. The molecule has 8 nitrogen and oxygen atoms in total. The molecule has 0 amide bonds. The maximum Gasteiger partial charge on any atom is 0.319 e. The smallest absolute Gasteiger partial charge is 0.319 e. The first-order chi connectivity index (χ1) is 9.92. The number of nitro groups is 1. The molecule has 1 aliphatic rings. The number of nitrogen functional groups attached to an aromatic ring is 1. The molecular formula is C13H17N3O5. The van der Waals surface area contributed by atoms with Crippen molar-refractivity contribution in [2.75, 3.05) is 38.4 Å². The number of nitro benzene ring substituents is 1. The maximum absolute atomic E-state index is 12.0. The molecule has 1 aliphatic heterocycles. The lowest BCUT2D eigenvalue weighted by molar-refractivity contribution is -0.386. The first kappa shape index (κ1) is 14.9. The molecule has 0 radical (unpaired) electrons. The summed E-state index contributed by atoms with van der Waals surface area (Å²) >= 11 is 0. The lowest BCUT2D eigenvalue weighted by Crippen LogP contribution is -2.31. The second-order valence-electron chi connectivity index (χ2n) is 4.82. The molecule has 0 spiro atoms.